The Morgan fingerprint density at radius 2 is 1.75 bits per heavy atom. The quantitative estimate of drug-likeness (QED) is 0.316. The molecule has 5 rings (SSSR count). The molecule has 0 fully saturated rings. The van der Waals surface area contributed by atoms with Gasteiger partial charge in [0.1, 0.15) is 30.3 Å². The lowest BCUT2D eigenvalue weighted by Gasteiger charge is -2.35. The number of H-pyrrole nitrogens is 1. The lowest BCUT2D eigenvalue weighted by atomic mass is 9.92. The number of ether oxygens (including phenoxy) is 2. The van der Waals surface area contributed by atoms with Crippen LogP contribution in [0.1, 0.15) is 22.9 Å². The van der Waals surface area contributed by atoms with Gasteiger partial charge in [0, 0.05) is 39.7 Å². The molecule has 0 saturated carbocycles. The van der Waals surface area contributed by atoms with Crippen LogP contribution in [-0.2, 0) is 6.42 Å². The van der Waals surface area contributed by atoms with Gasteiger partial charge in [-0.2, -0.15) is 0 Å². The van der Waals surface area contributed by atoms with Crippen molar-refractivity contribution < 1.29 is 19.4 Å². The van der Waals surface area contributed by atoms with E-state index in [0.29, 0.717) is 34.5 Å². The number of benzene rings is 3. The maximum absolute atomic E-state index is 13.4. The van der Waals surface area contributed by atoms with Crippen LogP contribution in [-0.4, -0.2) is 46.9 Å². The van der Waals surface area contributed by atoms with E-state index in [1.165, 1.54) is 0 Å². The van der Waals surface area contributed by atoms with Crippen molar-refractivity contribution in [2.45, 2.75) is 18.6 Å². The monoisotopic (exact) mass is 525 g/mol. The fraction of sp³-hybridized carbons (Fsp3) is 0.222. The first-order valence-electron chi connectivity index (χ1n) is 11.6. The van der Waals surface area contributed by atoms with E-state index in [0.717, 1.165) is 27.7 Å². The second-order valence-electron chi connectivity index (χ2n) is 8.64. The van der Waals surface area contributed by atoms with Crippen molar-refractivity contribution in [3.8, 4) is 11.5 Å². The minimum atomic E-state index is -0.734. The van der Waals surface area contributed by atoms with Crippen LogP contribution in [0.4, 0.5) is 4.79 Å². The topological polar surface area (TPSA) is 101 Å². The molecule has 1 aliphatic heterocycles. The normalized spacial score (nSPS) is 16.0. The molecule has 1 amide bonds. The summed E-state index contributed by atoms with van der Waals surface area (Å²) < 4.78 is 11.3. The summed E-state index contributed by atoms with van der Waals surface area (Å²) in [6.07, 6.45) is -0.544. The van der Waals surface area contributed by atoms with Gasteiger partial charge in [-0.1, -0.05) is 35.3 Å². The van der Waals surface area contributed by atoms with Crippen LogP contribution in [0.15, 0.2) is 66.7 Å². The molecular formula is C27H25Cl2N3O4. The Labute approximate surface area is 218 Å². The van der Waals surface area contributed by atoms with Crippen LogP contribution in [0.25, 0.3) is 10.9 Å². The summed E-state index contributed by atoms with van der Waals surface area (Å²) >= 11 is 12.3. The zero-order valence-electron chi connectivity index (χ0n) is 19.3. The van der Waals surface area contributed by atoms with Crippen LogP contribution < -0.4 is 15.2 Å². The molecule has 2 unspecified atom stereocenters. The summed E-state index contributed by atoms with van der Waals surface area (Å²) in [7, 11) is 0. The number of amides is 1. The number of aromatic amines is 1. The fourth-order valence-corrected chi connectivity index (χ4v) is 4.77. The molecule has 9 heteroatoms. The number of nitrogens with two attached hydrogens (primary N) is 1. The molecule has 2 atom stereocenters. The van der Waals surface area contributed by atoms with Crippen LogP contribution >= 0.6 is 23.2 Å². The molecule has 1 aliphatic rings. The summed E-state index contributed by atoms with van der Waals surface area (Å²) in [5.41, 5.74) is 9.33. The maximum atomic E-state index is 13.4. The molecule has 0 bridgehead atoms. The second kappa shape index (κ2) is 10.4. The Morgan fingerprint density at radius 3 is 2.47 bits per heavy atom. The molecule has 0 radical (unpaired) electrons. The van der Waals surface area contributed by atoms with E-state index in [9.17, 15) is 9.90 Å². The maximum Gasteiger partial charge on any atom is 0.416 e. The third-order valence-corrected chi connectivity index (χ3v) is 6.74. The van der Waals surface area contributed by atoms with Crippen molar-refractivity contribution in [2.75, 3.05) is 19.7 Å². The smallest absolute Gasteiger partial charge is 0.416 e. The molecule has 4 N–H and O–H groups in total. The number of nitrogens with one attached hydrogen (secondary N) is 1. The first-order valence-corrected chi connectivity index (χ1v) is 12.3. The minimum absolute atomic E-state index is 0.103. The Morgan fingerprint density at radius 1 is 1.06 bits per heavy atom. The van der Waals surface area contributed by atoms with Crippen LogP contribution in [0.3, 0.4) is 0 Å². The molecule has 36 heavy (non-hydrogen) atoms. The number of halogens is 2. The number of aliphatic hydroxyl groups is 1. The molecule has 4 aromatic rings. The van der Waals surface area contributed by atoms with E-state index in [1.807, 2.05) is 42.5 Å². The Kier molecular flexibility index (Phi) is 7.07. The molecule has 186 valence electrons. The standard InChI is InChI=1S/C27H25Cl2N3O4/c28-17-3-8-21(9-4-17)36-27(34)32-12-11-22-23-13-18(29)5-10-24(23)31-25(22)26(32)16-1-6-20(7-2-16)35-15-19(33)14-30/h1-10,13,19,26,31,33H,11-12,14-15,30H2. The van der Waals surface area contributed by atoms with Gasteiger partial charge in [-0.15, -0.1) is 0 Å². The first-order chi connectivity index (χ1) is 17.4. The van der Waals surface area contributed by atoms with Gasteiger partial charge >= 0.3 is 6.09 Å². The molecule has 7 nitrogen and oxygen atoms in total. The van der Waals surface area contributed by atoms with Crippen LogP contribution in [0.5, 0.6) is 11.5 Å². The number of nitrogens with zero attached hydrogens (tertiary/aromatic N) is 1. The van der Waals surface area contributed by atoms with Crippen molar-refractivity contribution >= 4 is 40.2 Å². The second-order valence-corrected chi connectivity index (χ2v) is 9.52. The van der Waals surface area contributed by atoms with Gasteiger partial charge < -0.3 is 25.3 Å². The lowest BCUT2D eigenvalue weighted by Crippen LogP contribution is -2.42. The number of hydrogen-bond donors (Lipinski definition) is 3. The van der Waals surface area contributed by atoms with Crippen LogP contribution in [0, 0.1) is 0 Å². The van der Waals surface area contributed by atoms with Gasteiger partial charge in [0.05, 0.1) is 0 Å². The summed E-state index contributed by atoms with van der Waals surface area (Å²) in [4.78, 5) is 18.6. The van der Waals surface area contributed by atoms with E-state index in [1.54, 1.807) is 29.2 Å². The molecule has 3 aromatic carbocycles. The predicted octanol–water partition coefficient (Wildman–Crippen LogP) is 5.32. The van der Waals surface area contributed by atoms with E-state index >= 15 is 0 Å². The highest BCUT2D eigenvalue weighted by molar-refractivity contribution is 6.31. The number of aliphatic hydroxyl groups excluding tert-OH is 1. The van der Waals surface area contributed by atoms with Gasteiger partial charge in [0.15, 0.2) is 0 Å². The van der Waals surface area contributed by atoms with Gasteiger partial charge in [-0.3, -0.25) is 4.90 Å². The molecule has 1 aromatic heterocycles. The SMILES string of the molecule is NCC(O)COc1ccc(C2c3[nH]c4ccc(Cl)cc4c3CCN2C(=O)Oc2ccc(Cl)cc2)cc1. The summed E-state index contributed by atoms with van der Waals surface area (Å²) in [6.45, 7) is 0.689. The summed E-state index contributed by atoms with van der Waals surface area (Å²) in [5, 5.41) is 11.9. The highest BCUT2D eigenvalue weighted by Gasteiger charge is 2.35. The highest BCUT2D eigenvalue weighted by Crippen LogP contribution is 2.40. The van der Waals surface area contributed by atoms with Gasteiger partial charge in [-0.25, -0.2) is 4.79 Å². The van der Waals surface area contributed by atoms with E-state index in [4.69, 9.17) is 38.4 Å². The Balaban J connectivity index is 1.50. The highest BCUT2D eigenvalue weighted by atomic mass is 35.5. The average Bonchev–Trinajstić information content (AvgIpc) is 3.26. The number of hydrogen-bond acceptors (Lipinski definition) is 5. The molecule has 0 saturated heterocycles. The first kappa shape index (κ1) is 24.5. The van der Waals surface area contributed by atoms with Gasteiger partial charge in [0.2, 0.25) is 0 Å². The zero-order chi connectivity index (χ0) is 25.2. The zero-order valence-corrected chi connectivity index (χ0v) is 20.8. The summed E-state index contributed by atoms with van der Waals surface area (Å²) in [5.74, 6) is 1.01. The fourth-order valence-electron chi connectivity index (χ4n) is 4.47. The van der Waals surface area contributed by atoms with Gasteiger partial charge in [-0.05, 0) is 72.1 Å². The van der Waals surface area contributed by atoms with E-state index < -0.39 is 18.2 Å². The van der Waals surface area contributed by atoms with Crippen molar-refractivity contribution in [1.82, 2.24) is 9.88 Å². The molecular weight excluding hydrogens is 501 g/mol. The van der Waals surface area contributed by atoms with Crippen LogP contribution in [0.2, 0.25) is 10.0 Å². The van der Waals surface area contributed by atoms with Crippen molar-refractivity contribution in [3.63, 3.8) is 0 Å². The minimum Gasteiger partial charge on any atom is -0.491 e. The van der Waals surface area contributed by atoms with E-state index in [-0.39, 0.29) is 13.2 Å². The van der Waals surface area contributed by atoms with E-state index in [2.05, 4.69) is 4.98 Å². The number of aromatic nitrogens is 1. The summed E-state index contributed by atoms with van der Waals surface area (Å²) in [6, 6.07) is 19.5. The Hall–Kier alpha value is -3.23. The molecule has 0 spiro atoms. The van der Waals surface area contributed by atoms with Crippen molar-refractivity contribution in [1.29, 1.82) is 0 Å². The number of carbonyl (C=O) groups excluding carboxylic acids is 1. The molecule has 2 heterocycles. The third-order valence-electron chi connectivity index (χ3n) is 6.25. The third kappa shape index (κ3) is 5.01. The van der Waals surface area contributed by atoms with Gasteiger partial charge in [0.25, 0.3) is 0 Å². The lowest BCUT2D eigenvalue weighted by molar-refractivity contribution is 0.114. The number of rotatable bonds is 6. The molecule has 0 aliphatic carbocycles. The Bertz CT molecular complexity index is 1370. The van der Waals surface area contributed by atoms with Crippen molar-refractivity contribution in [2.24, 2.45) is 5.73 Å². The van der Waals surface area contributed by atoms with Crippen molar-refractivity contribution in [3.05, 3.63) is 93.6 Å². The predicted molar refractivity (Wildman–Crippen MR) is 140 cm³/mol. The largest absolute Gasteiger partial charge is 0.491 e. The number of fused-ring (bicyclic) bond motifs is 3. The number of carbonyl (C=O) groups is 1. The average molecular weight is 526 g/mol.